The van der Waals surface area contributed by atoms with Crippen LogP contribution in [0.25, 0.3) is 11.5 Å². The highest BCUT2D eigenvalue weighted by atomic mass is 79.9. The molecule has 96 valence electrons. The minimum atomic E-state index is -0.248. The van der Waals surface area contributed by atoms with Crippen molar-refractivity contribution in [3.05, 3.63) is 34.6 Å². The number of hydrogen-bond donors (Lipinski definition) is 1. The maximum absolute atomic E-state index is 6.10. The number of nitrogens with two attached hydrogens (primary N) is 1. The third-order valence-electron chi connectivity index (χ3n) is 2.72. The second-order valence-corrected chi connectivity index (χ2v) is 6.23. The van der Waals surface area contributed by atoms with E-state index in [1.54, 1.807) is 0 Å². The SMILES string of the molecule is CC(C)(C)C(N)c1noc(-c2cccc(Br)c2)n1. The summed E-state index contributed by atoms with van der Waals surface area (Å²) < 4.78 is 6.23. The molecule has 0 aliphatic carbocycles. The van der Waals surface area contributed by atoms with E-state index in [1.165, 1.54) is 0 Å². The van der Waals surface area contributed by atoms with Crippen LogP contribution in [0.1, 0.15) is 32.6 Å². The Labute approximate surface area is 115 Å². The van der Waals surface area contributed by atoms with Gasteiger partial charge in [0, 0.05) is 10.0 Å². The molecule has 4 nitrogen and oxygen atoms in total. The van der Waals surface area contributed by atoms with Gasteiger partial charge in [-0.2, -0.15) is 4.98 Å². The van der Waals surface area contributed by atoms with E-state index in [0.717, 1.165) is 10.0 Å². The predicted octanol–water partition coefficient (Wildman–Crippen LogP) is 3.55. The van der Waals surface area contributed by atoms with Crippen molar-refractivity contribution in [3.63, 3.8) is 0 Å². The minimum Gasteiger partial charge on any atom is -0.334 e. The van der Waals surface area contributed by atoms with E-state index in [0.29, 0.717) is 11.7 Å². The maximum atomic E-state index is 6.10. The Bertz CT molecular complexity index is 545. The summed E-state index contributed by atoms with van der Waals surface area (Å²) in [6.45, 7) is 6.15. The summed E-state index contributed by atoms with van der Waals surface area (Å²) in [5.74, 6) is 1.03. The van der Waals surface area contributed by atoms with Gasteiger partial charge in [-0.25, -0.2) is 0 Å². The summed E-state index contributed by atoms with van der Waals surface area (Å²) in [6.07, 6.45) is 0. The minimum absolute atomic E-state index is 0.0988. The molecule has 0 bridgehead atoms. The zero-order valence-electron chi connectivity index (χ0n) is 10.6. The summed E-state index contributed by atoms with van der Waals surface area (Å²) in [4.78, 5) is 4.36. The molecule has 2 aromatic rings. The molecule has 1 aromatic heterocycles. The topological polar surface area (TPSA) is 64.9 Å². The monoisotopic (exact) mass is 309 g/mol. The molecule has 0 saturated carbocycles. The first-order valence-electron chi connectivity index (χ1n) is 5.73. The largest absolute Gasteiger partial charge is 0.334 e. The molecule has 0 fully saturated rings. The van der Waals surface area contributed by atoms with Gasteiger partial charge in [0.05, 0.1) is 6.04 Å². The molecule has 2 rings (SSSR count). The third kappa shape index (κ3) is 2.79. The Morgan fingerprint density at radius 3 is 2.67 bits per heavy atom. The number of halogens is 1. The fourth-order valence-corrected chi connectivity index (χ4v) is 1.89. The van der Waals surface area contributed by atoms with Gasteiger partial charge in [0.25, 0.3) is 5.89 Å². The van der Waals surface area contributed by atoms with Gasteiger partial charge in [-0.3, -0.25) is 0 Å². The molecule has 5 heteroatoms. The molecule has 18 heavy (non-hydrogen) atoms. The lowest BCUT2D eigenvalue weighted by Gasteiger charge is -2.23. The normalized spacial score (nSPS) is 13.6. The van der Waals surface area contributed by atoms with Crippen LogP contribution in [0.5, 0.6) is 0 Å². The van der Waals surface area contributed by atoms with Gasteiger partial charge in [-0.1, -0.05) is 47.9 Å². The molecule has 1 atom stereocenters. The van der Waals surface area contributed by atoms with Crippen LogP contribution in [0.4, 0.5) is 0 Å². The zero-order chi connectivity index (χ0) is 13.3. The quantitative estimate of drug-likeness (QED) is 0.921. The Morgan fingerprint density at radius 2 is 2.06 bits per heavy atom. The number of nitrogens with zero attached hydrogens (tertiary/aromatic N) is 2. The average molecular weight is 310 g/mol. The highest BCUT2D eigenvalue weighted by Crippen LogP contribution is 2.30. The van der Waals surface area contributed by atoms with Gasteiger partial charge < -0.3 is 10.3 Å². The van der Waals surface area contributed by atoms with E-state index < -0.39 is 0 Å². The van der Waals surface area contributed by atoms with Gasteiger partial charge in [0.2, 0.25) is 0 Å². The van der Waals surface area contributed by atoms with Crippen LogP contribution in [0, 0.1) is 5.41 Å². The van der Waals surface area contributed by atoms with Crippen molar-refractivity contribution in [2.75, 3.05) is 0 Å². The fraction of sp³-hybridized carbons (Fsp3) is 0.385. The highest BCUT2D eigenvalue weighted by molar-refractivity contribution is 9.10. The summed E-state index contributed by atoms with van der Waals surface area (Å²) >= 11 is 3.41. The van der Waals surface area contributed by atoms with Crippen molar-refractivity contribution in [2.45, 2.75) is 26.8 Å². The number of aromatic nitrogens is 2. The fourth-order valence-electron chi connectivity index (χ4n) is 1.49. The van der Waals surface area contributed by atoms with Crippen molar-refractivity contribution < 1.29 is 4.52 Å². The molecule has 0 spiro atoms. The van der Waals surface area contributed by atoms with Crippen molar-refractivity contribution >= 4 is 15.9 Å². The van der Waals surface area contributed by atoms with Gasteiger partial charge in [0.1, 0.15) is 0 Å². The third-order valence-corrected chi connectivity index (χ3v) is 3.22. The van der Waals surface area contributed by atoms with E-state index in [1.807, 2.05) is 45.0 Å². The van der Waals surface area contributed by atoms with Gasteiger partial charge >= 0.3 is 0 Å². The van der Waals surface area contributed by atoms with Crippen molar-refractivity contribution in [1.82, 2.24) is 10.1 Å². The average Bonchev–Trinajstić information content (AvgIpc) is 2.75. The molecular formula is C13H16BrN3O. The molecule has 0 amide bonds. The smallest absolute Gasteiger partial charge is 0.258 e. The van der Waals surface area contributed by atoms with Crippen LogP contribution < -0.4 is 5.73 Å². The Hall–Kier alpha value is -1.20. The van der Waals surface area contributed by atoms with E-state index >= 15 is 0 Å². The first kappa shape index (κ1) is 13.2. The van der Waals surface area contributed by atoms with Crippen molar-refractivity contribution in [2.24, 2.45) is 11.1 Å². The van der Waals surface area contributed by atoms with Crippen molar-refractivity contribution in [1.29, 1.82) is 0 Å². The molecule has 0 radical (unpaired) electrons. The lowest BCUT2D eigenvalue weighted by Crippen LogP contribution is -2.27. The molecule has 0 aliphatic rings. The molecule has 1 aromatic carbocycles. The second-order valence-electron chi connectivity index (χ2n) is 5.31. The Kier molecular flexibility index (Phi) is 3.54. The maximum Gasteiger partial charge on any atom is 0.258 e. The second kappa shape index (κ2) is 4.82. The summed E-state index contributed by atoms with van der Waals surface area (Å²) in [5.41, 5.74) is 6.88. The van der Waals surface area contributed by atoms with E-state index in [4.69, 9.17) is 10.3 Å². The molecule has 1 heterocycles. The van der Waals surface area contributed by atoms with Crippen LogP contribution in [0.2, 0.25) is 0 Å². The van der Waals surface area contributed by atoms with E-state index in [-0.39, 0.29) is 11.5 Å². The summed E-state index contributed by atoms with van der Waals surface area (Å²) in [5, 5.41) is 3.96. The first-order chi connectivity index (χ1) is 8.38. The summed E-state index contributed by atoms with van der Waals surface area (Å²) in [6, 6.07) is 7.47. The number of benzene rings is 1. The van der Waals surface area contributed by atoms with E-state index in [9.17, 15) is 0 Å². The van der Waals surface area contributed by atoms with Crippen molar-refractivity contribution in [3.8, 4) is 11.5 Å². The van der Waals surface area contributed by atoms with Crippen LogP contribution in [-0.4, -0.2) is 10.1 Å². The predicted molar refractivity (Wildman–Crippen MR) is 73.8 cm³/mol. The van der Waals surface area contributed by atoms with Gasteiger partial charge in [-0.05, 0) is 23.6 Å². The standard InChI is InChI=1S/C13H16BrN3O/c1-13(2,3)10(15)11-16-12(18-17-11)8-5-4-6-9(14)7-8/h4-7,10H,15H2,1-3H3. The van der Waals surface area contributed by atoms with Crippen LogP contribution in [0.15, 0.2) is 33.3 Å². The lowest BCUT2D eigenvalue weighted by atomic mass is 9.87. The molecule has 0 saturated heterocycles. The zero-order valence-corrected chi connectivity index (χ0v) is 12.2. The Balaban J connectivity index is 2.31. The number of hydrogen-bond acceptors (Lipinski definition) is 4. The molecule has 2 N–H and O–H groups in total. The molecular weight excluding hydrogens is 294 g/mol. The van der Waals surface area contributed by atoms with Gasteiger partial charge in [-0.15, -0.1) is 0 Å². The Morgan fingerprint density at radius 1 is 1.33 bits per heavy atom. The molecule has 1 unspecified atom stereocenters. The van der Waals surface area contributed by atoms with Crippen LogP contribution in [0.3, 0.4) is 0 Å². The number of rotatable bonds is 2. The van der Waals surface area contributed by atoms with Crippen LogP contribution in [-0.2, 0) is 0 Å². The highest BCUT2D eigenvalue weighted by Gasteiger charge is 2.27. The first-order valence-corrected chi connectivity index (χ1v) is 6.52. The van der Waals surface area contributed by atoms with E-state index in [2.05, 4.69) is 26.1 Å². The van der Waals surface area contributed by atoms with Gasteiger partial charge in [0.15, 0.2) is 5.82 Å². The summed E-state index contributed by atoms with van der Waals surface area (Å²) in [7, 11) is 0. The molecule has 0 aliphatic heterocycles. The lowest BCUT2D eigenvalue weighted by molar-refractivity contribution is 0.303. The van der Waals surface area contributed by atoms with Crippen LogP contribution >= 0.6 is 15.9 Å².